The van der Waals surface area contributed by atoms with Gasteiger partial charge in [-0.15, -0.1) is 0 Å². The fraction of sp³-hybridized carbons (Fsp3) is 0.462. The van der Waals surface area contributed by atoms with Gasteiger partial charge in [0.05, 0.1) is 21.5 Å². The summed E-state index contributed by atoms with van der Waals surface area (Å²) in [6.07, 6.45) is 0.907. The lowest BCUT2D eigenvalue weighted by molar-refractivity contribution is -0.113. The molecule has 0 spiro atoms. The Balaban J connectivity index is 2.56. The van der Waals surface area contributed by atoms with Crippen molar-refractivity contribution in [2.24, 2.45) is 5.73 Å². The molecular formula is C13H18Cl2N2OS. The smallest absolute Gasteiger partial charge is 0.234 e. The first-order chi connectivity index (χ1) is 8.95. The molecule has 1 aromatic rings. The molecular weight excluding hydrogens is 303 g/mol. The van der Waals surface area contributed by atoms with Crippen molar-refractivity contribution in [2.75, 3.05) is 16.8 Å². The number of hydrogen-bond donors (Lipinski definition) is 2. The van der Waals surface area contributed by atoms with E-state index in [2.05, 4.69) is 5.32 Å². The third-order valence-corrected chi connectivity index (χ3v) is 4.57. The van der Waals surface area contributed by atoms with Gasteiger partial charge in [0.2, 0.25) is 5.91 Å². The Labute approximate surface area is 128 Å². The van der Waals surface area contributed by atoms with Crippen LogP contribution in [0.25, 0.3) is 0 Å². The minimum absolute atomic E-state index is 0.122. The number of rotatable bonds is 6. The molecule has 0 bridgehead atoms. The SMILES string of the molecule is CCC(N)CSCC(=O)Nc1c(Cl)ccc(C)c1Cl. The van der Waals surface area contributed by atoms with E-state index < -0.39 is 0 Å². The molecule has 0 fully saturated rings. The molecule has 0 radical (unpaired) electrons. The summed E-state index contributed by atoms with van der Waals surface area (Å²) in [6.45, 7) is 3.89. The number of nitrogens with one attached hydrogen (secondary N) is 1. The summed E-state index contributed by atoms with van der Waals surface area (Å²) < 4.78 is 0. The number of carbonyl (C=O) groups is 1. The van der Waals surface area contributed by atoms with Gasteiger partial charge in [0.1, 0.15) is 0 Å². The van der Waals surface area contributed by atoms with Crippen LogP contribution >= 0.6 is 35.0 Å². The summed E-state index contributed by atoms with van der Waals surface area (Å²) in [6, 6.07) is 3.66. The molecule has 0 aromatic heterocycles. The first kappa shape index (κ1) is 16.6. The van der Waals surface area contributed by atoms with Gasteiger partial charge in [-0.2, -0.15) is 11.8 Å². The number of amides is 1. The van der Waals surface area contributed by atoms with E-state index >= 15 is 0 Å². The highest BCUT2D eigenvalue weighted by atomic mass is 35.5. The summed E-state index contributed by atoms with van der Waals surface area (Å²) in [5.74, 6) is 0.982. The average Bonchev–Trinajstić information content (AvgIpc) is 2.39. The second kappa shape index (κ2) is 8.00. The molecule has 0 aliphatic heterocycles. The molecule has 3 N–H and O–H groups in total. The van der Waals surface area contributed by atoms with Crippen LogP contribution in [0.15, 0.2) is 12.1 Å². The molecule has 1 rings (SSSR count). The zero-order chi connectivity index (χ0) is 14.4. The molecule has 1 aromatic carbocycles. The fourth-order valence-electron chi connectivity index (χ4n) is 1.37. The highest BCUT2D eigenvalue weighted by Gasteiger charge is 2.12. The molecule has 19 heavy (non-hydrogen) atoms. The van der Waals surface area contributed by atoms with Crippen LogP contribution in [0.5, 0.6) is 0 Å². The van der Waals surface area contributed by atoms with Crippen LogP contribution in [0.3, 0.4) is 0 Å². The predicted octanol–water partition coefficient (Wildman–Crippen LogP) is 3.71. The topological polar surface area (TPSA) is 55.1 Å². The summed E-state index contributed by atoms with van der Waals surface area (Å²) in [5.41, 5.74) is 7.14. The van der Waals surface area contributed by atoms with Gasteiger partial charge in [0, 0.05) is 11.8 Å². The van der Waals surface area contributed by atoms with Crippen molar-refractivity contribution in [1.82, 2.24) is 0 Å². The summed E-state index contributed by atoms with van der Waals surface area (Å²) >= 11 is 13.7. The zero-order valence-corrected chi connectivity index (χ0v) is 13.3. The van der Waals surface area contributed by atoms with Crippen molar-refractivity contribution < 1.29 is 4.79 Å². The predicted molar refractivity (Wildman–Crippen MR) is 85.4 cm³/mol. The Morgan fingerprint density at radius 1 is 1.47 bits per heavy atom. The quantitative estimate of drug-likeness (QED) is 0.840. The highest BCUT2D eigenvalue weighted by Crippen LogP contribution is 2.32. The first-order valence-electron chi connectivity index (χ1n) is 6.03. The number of aryl methyl sites for hydroxylation is 1. The number of anilines is 1. The number of carbonyl (C=O) groups excluding carboxylic acids is 1. The van der Waals surface area contributed by atoms with Crippen LogP contribution in [-0.2, 0) is 4.79 Å². The lowest BCUT2D eigenvalue weighted by atomic mass is 10.2. The number of hydrogen-bond acceptors (Lipinski definition) is 3. The van der Waals surface area contributed by atoms with Crippen LogP contribution in [0, 0.1) is 6.92 Å². The minimum atomic E-state index is -0.122. The van der Waals surface area contributed by atoms with Crippen LogP contribution in [-0.4, -0.2) is 23.5 Å². The van der Waals surface area contributed by atoms with Crippen molar-refractivity contribution in [3.8, 4) is 0 Å². The van der Waals surface area contributed by atoms with Gasteiger partial charge in [-0.25, -0.2) is 0 Å². The minimum Gasteiger partial charge on any atom is -0.327 e. The number of nitrogens with two attached hydrogens (primary N) is 1. The van der Waals surface area contributed by atoms with Crippen LogP contribution in [0.2, 0.25) is 10.0 Å². The van der Waals surface area contributed by atoms with Crippen molar-refractivity contribution in [1.29, 1.82) is 0 Å². The Kier molecular flexibility index (Phi) is 7.00. The average molecular weight is 321 g/mol. The molecule has 0 saturated heterocycles. The Morgan fingerprint density at radius 2 is 2.16 bits per heavy atom. The number of halogens is 2. The lowest BCUT2D eigenvalue weighted by Gasteiger charge is -2.12. The zero-order valence-electron chi connectivity index (χ0n) is 11.0. The Morgan fingerprint density at radius 3 is 2.79 bits per heavy atom. The Bertz CT molecular complexity index is 455. The van der Waals surface area contributed by atoms with Gasteiger partial charge in [0.15, 0.2) is 0 Å². The first-order valence-corrected chi connectivity index (χ1v) is 7.94. The van der Waals surface area contributed by atoms with Crippen LogP contribution in [0.1, 0.15) is 18.9 Å². The molecule has 6 heteroatoms. The van der Waals surface area contributed by atoms with E-state index in [1.807, 2.05) is 19.9 Å². The van der Waals surface area contributed by atoms with E-state index in [1.165, 1.54) is 11.8 Å². The molecule has 0 aliphatic carbocycles. The summed E-state index contributed by atoms with van der Waals surface area (Å²) in [4.78, 5) is 11.8. The van der Waals surface area contributed by atoms with Gasteiger partial charge in [-0.3, -0.25) is 4.79 Å². The van der Waals surface area contributed by atoms with Crippen molar-refractivity contribution in [2.45, 2.75) is 26.3 Å². The molecule has 1 unspecified atom stereocenters. The molecule has 0 saturated carbocycles. The van der Waals surface area contributed by atoms with Gasteiger partial charge in [-0.1, -0.05) is 36.2 Å². The van der Waals surface area contributed by atoms with E-state index in [4.69, 9.17) is 28.9 Å². The van der Waals surface area contributed by atoms with Gasteiger partial charge in [-0.05, 0) is 25.0 Å². The number of thioether (sulfide) groups is 1. The second-order valence-corrected chi connectivity index (χ2v) is 6.10. The Hall–Kier alpha value is -0.420. The number of benzene rings is 1. The molecule has 0 heterocycles. The molecule has 1 amide bonds. The highest BCUT2D eigenvalue weighted by molar-refractivity contribution is 8.00. The van der Waals surface area contributed by atoms with E-state index in [-0.39, 0.29) is 11.9 Å². The van der Waals surface area contributed by atoms with Gasteiger partial charge >= 0.3 is 0 Å². The van der Waals surface area contributed by atoms with Crippen LogP contribution < -0.4 is 11.1 Å². The monoisotopic (exact) mass is 320 g/mol. The van der Waals surface area contributed by atoms with Gasteiger partial charge < -0.3 is 11.1 Å². The molecule has 3 nitrogen and oxygen atoms in total. The third-order valence-electron chi connectivity index (χ3n) is 2.64. The standard InChI is InChI=1S/C13H18Cl2N2OS/c1-3-9(16)6-19-7-11(18)17-13-10(14)5-4-8(2)12(13)15/h4-5,9H,3,6-7,16H2,1-2H3,(H,17,18). The van der Waals surface area contributed by atoms with E-state index in [0.717, 1.165) is 17.7 Å². The van der Waals surface area contributed by atoms with Crippen molar-refractivity contribution in [3.63, 3.8) is 0 Å². The maximum absolute atomic E-state index is 11.8. The van der Waals surface area contributed by atoms with Crippen molar-refractivity contribution in [3.05, 3.63) is 27.7 Å². The normalized spacial score (nSPS) is 12.3. The van der Waals surface area contributed by atoms with Gasteiger partial charge in [0.25, 0.3) is 0 Å². The van der Waals surface area contributed by atoms with E-state index in [1.54, 1.807) is 6.07 Å². The maximum Gasteiger partial charge on any atom is 0.234 e. The summed E-state index contributed by atoms with van der Waals surface area (Å²) in [7, 11) is 0. The lowest BCUT2D eigenvalue weighted by Crippen LogP contribution is -2.23. The third kappa shape index (κ3) is 5.22. The second-order valence-electron chi connectivity index (χ2n) is 4.28. The van der Waals surface area contributed by atoms with Crippen molar-refractivity contribution >= 4 is 46.6 Å². The molecule has 0 aliphatic rings. The van der Waals surface area contributed by atoms with E-state index in [0.29, 0.717) is 21.5 Å². The van der Waals surface area contributed by atoms with Crippen LogP contribution in [0.4, 0.5) is 5.69 Å². The molecule has 106 valence electrons. The van der Waals surface area contributed by atoms with E-state index in [9.17, 15) is 4.79 Å². The summed E-state index contributed by atoms with van der Waals surface area (Å²) in [5, 5.41) is 3.67. The molecule has 1 atom stereocenters. The maximum atomic E-state index is 11.8. The fourth-order valence-corrected chi connectivity index (χ4v) is 2.75. The largest absolute Gasteiger partial charge is 0.327 e.